The molecule has 1 aromatic rings. The van der Waals surface area contributed by atoms with Crippen LogP contribution in [0.4, 0.5) is 0 Å². The minimum Gasteiger partial charge on any atom is -0.334 e. The topological polar surface area (TPSA) is 44.1 Å². The van der Waals surface area contributed by atoms with Crippen LogP contribution in [-0.2, 0) is 11.3 Å². The SMILES string of the molecule is CCC(C)(C#N)C(=O)N(Cc1ccsc1)C1CC1. The molecular weight excluding hydrogens is 244 g/mol. The molecule has 0 aliphatic heterocycles. The van der Waals surface area contributed by atoms with Crippen LogP contribution in [-0.4, -0.2) is 16.8 Å². The summed E-state index contributed by atoms with van der Waals surface area (Å²) >= 11 is 1.64. The number of hydrogen-bond donors (Lipinski definition) is 0. The molecule has 1 heterocycles. The van der Waals surface area contributed by atoms with E-state index >= 15 is 0 Å². The van der Waals surface area contributed by atoms with Crippen LogP contribution in [0.5, 0.6) is 0 Å². The summed E-state index contributed by atoms with van der Waals surface area (Å²) in [7, 11) is 0. The molecule has 1 unspecified atom stereocenters. The molecule has 1 amide bonds. The number of carbonyl (C=O) groups excluding carboxylic acids is 1. The second kappa shape index (κ2) is 5.11. The lowest BCUT2D eigenvalue weighted by Crippen LogP contribution is -2.42. The first kappa shape index (κ1) is 13.1. The normalized spacial score (nSPS) is 17.8. The van der Waals surface area contributed by atoms with Gasteiger partial charge in [0.1, 0.15) is 5.41 Å². The first-order chi connectivity index (χ1) is 8.60. The van der Waals surface area contributed by atoms with Crippen molar-refractivity contribution in [2.75, 3.05) is 0 Å². The van der Waals surface area contributed by atoms with E-state index in [1.165, 1.54) is 0 Å². The molecule has 4 heteroatoms. The van der Waals surface area contributed by atoms with Gasteiger partial charge in [-0.2, -0.15) is 16.6 Å². The van der Waals surface area contributed by atoms with Crippen LogP contribution in [0.2, 0.25) is 0 Å². The second-order valence-corrected chi connectivity index (χ2v) is 5.87. The van der Waals surface area contributed by atoms with Crippen molar-refractivity contribution in [2.24, 2.45) is 5.41 Å². The van der Waals surface area contributed by atoms with E-state index in [4.69, 9.17) is 0 Å². The highest BCUT2D eigenvalue weighted by atomic mass is 32.1. The van der Waals surface area contributed by atoms with Crippen molar-refractivity contribution in [1.29, 1.82) is 5.26 Å². The quantitative estimate of drug-likeness (QED) is 0.818. The lowest BCUT2D eigenvalue weighted by Gasteiger charge is -2.29. The molecule has 0 radical (unpaired) electrons. The zero-order valence-electron chi connectivity index (χ0n) is 10.8. The standard InChI is InChI=1S/C14H18N2OS/c1-3-14(2,10-15)13(17)16(12-4-5-12)8-11-6-7-18-9-11/h6-7,9,12H,3-5,8H2,1-2H3. The van der Waals surface area contributed by atoms with E-state index in [0.29, 0.717) is 19.0 Å². The summed E-state index contributed by atoms with van der Waals surface area (Å²) in [5, 5.41) is 13.3. The van der Waals surface area contributed by atoms with Gasteiger partial charge in [0, 0.05) is 12.6 Å². The summed E-state index contributed by atoms with van der Waals surface area (Å²) in [5.74, 6) is -0.0128. The Hall–Kier alpha value is -1.34. The number of nitrogens with zero attached hydrogens (tertiary/aromatic N) is 2. The van der Waals surface area contributed by atoms with Crippen molar-refractivity contribution in [3.8, 4) is 6.07 Å². The smallest absolute Gasteiger partial charge is 0.243 e. The molecule has 1 saturated carbocycles. The molecule has 18 heavy (non-hydrogen) atoms. The predicted molar refractivity (Wildman–Crippen MR) is 71.9 cm³/mol. The van der Waals surface area contributed by atoms with Gasteiger partial charge in [-0.3, -0.25) is 4.79 Å². The van der Waals surface area contributed by atoms with Gasteiger partial charge in [-0.15, -0.1) is 0 Å². The van der Waals surface area contributed by atoms with Gasteiger partial charge in [0.05, 0.1) is 6.07 Å². The van der Waals surface area contributed by atoms with Gasteiger partial charge in [-0.25, -0.2) is 0 Å². The lowest BCUT2D eigenvalue weighted by molar-refractivity contribution is -0.139. The van der Waals surface area contributed by atoms with Gasteiger partial charge in [-0.1, -0.05) is 6.92 Å². The van der Waals surface area contributed by atoms with Crippen LogP contribution in [0, 0.1) is 16.7 Å². The van der Waals surface area contributed by atoms with Crippen LogP contribution >= 0.6 is 11.3 Å². The third-order valence-corrected chi connectivity index (χ3v) is 4.34. The molecule has 0 spiro atoms. The van der Waals surface area contributed by atoms with Crippen molar-refractivity contribution in [2.45, 2.75) is 45.7 Å². The Morgan fingerprint density at radius 1 is 1.67 bits per heavy atom. The number of thiophene rings is 1. The van der Waals surface area contributed by atoms with E-state index in [-0.39, 0.29) is 5.91 Å². The second-order valence-electron chi connectivity index (χ2n) is 5.09. The van der Waals surface area contributed by atoms with Gasteiger partial charge in [0.25, 0.3) is 0 Å². The molecule has 2 rings (SSSR count). The van der Waals surface area contributed by atoms with Gasteiger partial charge in [-0.05, 0) is 48.6 Å². The van der Waals surface area contributed by atoms with E-state index in [2.05, 4.69) is 11.4 Å². The summed E-state index contributed by atoms with van der Waals surface area (Å²) in [6, 6.07) is 4.57. The molecule has 1 aromatic heterocycles. The van der Waals surface area contributed by atoms with E-state index in [1.807, 2.05) is 23.3 Å². The molecule has 1 aliphatic carbocycles. The highest BCUT2D eigenvalue weighted by Gasteiger charge is 2.41. The van der Waals surface area contributed by atoms with Crippen LogP contribution in [0.25, 0.3) is 0 Å². The largest absolute Gasteiger partial charge is 0.334 e. The monoisotopic (exact) mass is 262 g/mol. The Kier molecular flexibility index (Phi) is 3.72. The average molecular weight is 262 g/mol. The van der Waals surface area contributed by atoms with E-state index in [0.717, 1.165) is 18.4 Å². The summed E-state index contributed by atoms with van der Waals surface area (Å²) in [6.07, 6.45) is 2.71. The summed E-state index contributed by atoms with van der Waals surface area (Å²) in [5.41, 5.74) is 0.287. The number of rotatable bonds is 5. The molecule has 1 atom stereocenters. The molecule has 0 N–H and O–H groups in total. The van der Waals surface area contributed by atoms with Crippen molar-refractivity contribution in [3.05, 3.63) is 22.4 Å². The fraction of sp³-hybridized carbons (Fsp3) is 0.571. The predicted octanol–water partition coefficient (Wildman–Crippen LogP) is 3.18. The molecule has 0 saturated heterocycles. The van der Waals surface area contributed by atoms with Crippen molar-refractivity contribution >= 4 is 17.2 Å². The Morgan fingerprint density at radius 3 is 2.83 bits per heavy atom. The van der Waals surface area contributed by atoms with Gasteiger partial charge in [0.15, 0.2) is 0 Å². The Labute approximate surface area is 112 Å². The highest BCUT2D eigenvalue weighted by Crippen LogP contribution is 2.34. The molecule has 0 aromatic carbocycles. The van der Waals surface area contributed by atoms with Crippen LogP contribution in [0.15, 0.2) is 16.8 Å². The van der Waals surface area contributed by atoms with Crippen molar-refractivity contribution < 1.29 is 4.79 Å². The Bertz CT molecular complexity index is 459. The average Bonchev–Trinajstić information content (AvgIpc) is 3.11. The maximum absolute atomic E-state index is 12.5. The highest BCUT2D eigenvalue weighted by molar-refractivity contribution is 7.07. The summed E-state index contributed by atoms with van der Waals surface area (Å²) in [4.78, 5) is 14.4. The fourth-order valence-electron chi connectivity index (χ4n) is 1.93. The maximum atomic E-state index is 12.5. The molecular formula is C14H18N2OS. The molecule has 3 nitrogen and oxygen atoms in total. The number of amides is 1. The molecule has 0 bridgehead atoms. The van der Waals surface area contributed by atoms with Crippen LogP contribution in [0.1, 0.15) is 38.7 Å². The lowest BCUT2D eigenvalue weighted by atomic mass is 9.87. The van der Waals surface area contributed by atoms with Gasteiger partial charge in [0.2, 0.25) is 5.91 Å². The molecule has 1 aliphatic rings. The number of carbonyl (C=O) groups is 1. The van der Waals surface area contributed by atoms with Crippen molar-refractivity contribution in [1.82, 2.24) is 4.90 Å². The minimum absolute atomic E-state index is 0.0128. The first-order valence-corrected chi connectivity index (χ1v) is 7.28. The van der Waals surface area contributed by atoms with Crippen LogP contribution < -0.4 is 0 Å². The van der Waals surface area contributed by atoms with Crippen molar-refractivity contribution in [3.63, 3.8) is 0 Å². The van der Waals surface area contributed by atoms with E-state index in [1.54, 1.807) is 18.3 Å². The summed E-state index contributed by atoms with van der Waals surface area (Å²) < 4.78 is 0. The van der Waals surface area contributed by atoms with E-state index < -0.39 is 5.41 Å². The van der Waals surface area contributed by atoms with Gasteiger partial charge < -0.3 is 4.90 Å². The zero-order valence-corrected chi connectivity index (χ0v) is 11.7. The third-order valence-electron chi connectivity index (χ3n) is 3.61. The maximum Gasteiger partial charge on any atom is 0.243 e. The molecule has 96 valence electrons. The number of hydrogen-bond acceptors (Lipinski definition) is 3. The minimum atomic E-state index is -0.876. The van der Waals surface area contributed by atoms with Crippen LogP contribution in [0.3, 0.4) is 0 Å². The Morgan fingerprint density at radius 2 is 2.39 bits per heavy atom. The number of nitriles is 1. The molecule has 1 fully saturated rings. The van der Waals surface area contributed by atoms with Gasteiger partial charge >= 0.3 is 0 Å². The zero-order chi connectivity index (χ0) is 13.2. The van der Waals surface area contributed by atoms with E-state index in [9.17, 15) is 10.1 Å². The first-order valence-electron chi connectivity index (χ1n) is 6.34. The summed E-state index contributed by atoms with van der Waals surface area (Å²) in [6.45, 7) is 4.29. The Balaban J connectivity index is 2.15. The fourth-order valence-corrected chi connectivity index (χ4v) is 2.59. The third kappa shape index (κ3) is 2.56.